The summed E-state index contributed by atoms with van der Waals surface area (Å²) in [6, 6.07) is -0.385. The Morgan fingerprint density at radius 1 is 1.08 bits per heavy atom. The molecule has 1 saturated heterocycles. The molecule has 0 aromatic heterocycles. The van der Waals surface area contributed by atoms with Crippen molar-refractivity contribution < 1.29 is 14.0 Å². The molecule has 1 heterocycles. The first-order chi connectivity index (χ1) is 12.1. The smallest absolute Gasteiger partial charge is 0.317 e. The molecular weight excluding hydrogens is 325 g/mol. The van der Waals surface area contributed by atoms with Crippen LogP contribution in [0.3, 0.4) is 0 Å². The first-order valence-corrected chi connectivity index (χ1v) is 9.58. The van der Waals surface area contributed by atoms with E-state index in [0.717, 1.165) is 24.7 Å². The van der Waals surface area contributed by atoms with Crippen LogP contribution < -0.4 is 26.7 Å². The van der Waals surface area contributed by atoms with E-state index in [9.17, 15) is 9.18 Å². The second kappa shape index (κ2) is 8.62. The predicted octanol–water partition coefficient (Wildman–Crippen LogP) is 1.32. The number of hydroxylamine groups is 1. The third-order valence-corrected chi connectivity index (χ3v) is 5.97. The van der Waals surface area contributed by atoms with E-state index in [0.29, 0.717) is 0 Å². The number of amides is 2. The van der Waals surface area contributed by atoms with E-state index in [4.69, 9.17) is 4.84 Å². The Morgan fingerprint density at radius 2 is 1.84 bits per heavy atom. The molecule has 7 atom stereocenters. The zero-order valence-corrected chi connectivity index (χ0v) is 15.2. The number of hydrogen-bond acceptors (Lipinski definition) is 5. The largest absolute Gasteiger partial charge is 0.335 e. The van der Waals surface area contributed by atoms with Crippen LogP contribution in [0.25, 0.3) is 0 Å². The molecule has 3 aliphatic rings. The van der Waals surface area contributed by atoms with Crippen LogP contribution in [0.4, 0.5) is 9.18 Å². The summed E-state index contributed by atoms with van der Waals surface area (Å²) in [7, 11) is 1.44. The Kier molecular flexibility index (Phi) is 6.49. The Labute approximate surface area is 149 Å². The Morgan fingerprint density at radius 3 is 2.60 bits per heavy atom. The van der Waals surface area contributed by atoms with Crippen molar-refractivity contribution in [2.24, 2.45) is 11.8 Å². The Balaban J connectivity index is 1.45. The van der Waals surface area contributed by atoms with Crippen LogP contribution >= 0.6 is 0 Å². The molecule has 0 bridgehead atoms. The second-order valence-corrected chi connectivity index (χ2v) is 7.73. The number of halogens is 1. The molecule has 2 amide bonds. The van der Waals surface area contributed by atoms with Crippen molar-refractivity contribution in [3.8, 4) is 0 Å². The van der Waals surface area contributed by atoms with Crippen molar-refractivity contribution in [3.05, 3.63) is 0 Å². The van der Waals surface area contributed by atoms with E-state index in [1.54, 1.807) is 6.92 Å². The minimum atomic E-state index is -1.16. The minimum absolute atomic E-state index is 0.218. The maximum absolute atomic E-state index is 14.1. The molecule has 7 unspecified atom stereocenters. The molecule has 3 fully saturated rings. The number of carbonyl (C=O) groups excluding carboxylic acids is 1. The first kappa shape index (κ1) is 18.8. The molecule has 0 aromatic rings. The summed E-state index contributed by atoms with van der Waals surface area (Å²) >= 11 is 0. The molecule has 0 radical (unpaired) electrons. The minimum Gasteiger partial charge on any atom is -0.335 e. The van der Waals surface area contributed by atoms with E-state index in [1.165, 1.54) is 39.2 Å². The van der Waals surface area contributed by atoms with Gasteiger partial charge in [-0.2, -0.15) is 5.48 Å². The van der Waals surface area contributed by atoms with Gasteiger partial charge >= 0.3 is 6.03 Å². The Hall–Kier alpha value is -0.960. The van der Waals surface area contributed by atoms with Crippen LogP contribution in [-0.2, 0) is 4.84 Å². The van der Waals surface area contributed by atoms with Gasteiger partial charge in [-0.25, -0.2) is 9.18 Å². The molecule has 2 saturated carbocycles. The lowest BCUT2D eigenvalue weighted by Gasteiger charge is -2.40. The fourth-order valence-corrected chi connectivity index (χ4v) is 4.64. The molecule has 5 N–H and O–H groups in total. The summed E-state index contributed by atoms with van der Waals surface area (Å²) in [5.41, 5.74) is 2.58. The van der Waals surface area contributed by atoms with Gasteiger partial charge in [0.1, 0.15) is 18.6 Å². The van der Waals surface area contributed by atoms with Crippen LogP contribution in [-0.4, -0.2) is 43.9 Å². The molecule has 0 aromatic carbocycles. The maximum Gasteiger partial charge on any atom is 0.317 e. The van der Waals surface area contributed by atoms with E-state index in [1.807, 2.05) is 0 Å². The highest BCUT2D eigenvalue weighted by Gasteiger charge is 2.36. The molecule has 2 aliphatic carbocycles. The lowest BCUT2D eigenvalue weighted by atomic mass is 9.69. The summed E-state index contributed by atoms with van der Waals surface area (Å²) in [4.78, 5) is 17.2. The van der Waals surface area contributed by atoms with Crippen molar-refractivity contribution in [1.82, 2.24) is 26.7 Å². The number of urea groups is 1. The van der Waals surface area contributed by atoms with Crippen LogP contribution in [0.2, 0.25) is 0 Å². The van der Waals surface area contributed by atoms with Crippen molar-refractivity contribution >= 4 is 6.03 Å². The van der Waals surface area contributed by atoms with Gasteiger partial charge in [-0.05, 0) is 38.0 Å². The van der Waals surface area contributed by atoms with E-state index in [-0.39, 0.29) is 12.1 Å². The number of rotatable bonds is 4. The fraction of sp³-hybridized carbons (Fsp3) is 0.941. The standard InChI is InChI=1S/C17H32FN5O2/c1-10-14(18)15(23-25-2)21-16(19-10)22-17(24)20-13-8-7-11-5-3-4-6-12(11)9-13/h10-16,19,21,23H,3-9H2,1-2H3,(H2,20,22,24). The van der Waals surface area contributed by atoms with Crippen LogP contribution in [0.15, 0.2) is 0 Å². The van der Waals surface area contributed by atoms with Crippen LogP contribution in [0.5, 0.6) is 0 Å². The molecule has 1 aliphatic heterocycles. The van der Waals surface area contributed by atoms with Crippen LogP contribution in [0, 0.1) is 11.8 Å². The van der Waals surface area contributed by atoms with Crippen LogP contribution in [0.1, 0.15) is 51.9 Å². The predicted molar refractivity (Wildman–Crippen MR) is 93.1 cm³/mol. The highest BCUT2D eigenvalue weighted by Crippen LogP contribution is 2.40. The van der Waals surface area contributed by atoms with Crippen molar-refractivity contribution in [2.75, 3.05) is 7.11 Å². The summed E-state index contributed by atoms with van der Waals surface area (Å²) < 4.78 is 14.1. The molecule has 3 rings (SSSR count). The third-order valence-electron chi connectivity index (χ3n) is 5.97. The molecule has 7 nitrogen and oxygen atoms in total. The number of alkyl halides is 1. The van der Waals surface area contributed by atoms with E-state index in [2.05, 4.69) is 26.7 Å². The molecule has 144 valence electrons. The van der Waals surface area contributed by atoms with Gasteiger partial charge in [0.15, 0.2) is 0 Å². The van der Waals surface area contributed by atoms with Gasteiger partial charge in [-0.3, -0.25) is 10.6 Å². The van der Waals surface area contributed by atoms with E-state index < -0.39 is 24.7 Å². The second-order valence-electron chi connectivity index (χ2n) is 7.73. The lowest BCUT2D eigenvalue weighted by molar-refractivity contribution is -0.0165. The van der Waals surface area contributed by atoms with Crippen molar-refractivity contribution in [1.29, 1.82) is 0 Å². The van der Waals surface area contributed by atoms with Crippen molar-refractivity contribution in [3.63, 3.8) is 0 Å². The highest BCUT2D eigenvalue weighted by molar-refractivity contribution is 5.74. The van der Waals surface area contributed by atoms with Gasteiger partial charge in [0.2, 0.25) is 0 Å². The van der Waals surface area contributed by atoms with Crippen molar-refractivity contribution in [2.45, 2.75) is 82.6 Å². The van der Waals surface area contributed by atoms with Gasteiger partial charge < -0.3 is 15.5 Å². The summed E-state index contributed by atoms with van der Waals surface area (Å²) in [5, 5.41) is 11.9. The number of hydrogen-bond donors (Lipinski definition) is 5. The lowest BCUT2D eigenvalue weighted by Crippen LogP contribution is -2.72. The summed E-state index contributed by atoms with van der Waals surface area (Å²) in [5.74, 6) is 1.63. The molecular formula is C17H32FN5O2. The fourth-order valence-electron chi connectivity index (χ4n) is 4.64. The zero-order chi connectivity index (χ0) is 17.8. The SMILES string of the molecule is CONC1NC(NC(=O)NC2CCC3CCCCC3C2)NC(C)C1F. The number of carbonyl (C=O) groups is 1. The van der Waals surface area contributed by atoms with Gasteiger partial charge in [-0.1, -0.05) is 25.7 Å². The van der Waals surface area contributed by atoms with E-state index >= 15 is 0 Å². The molecule has 8 heteroatoms. The highest BCUT2D eigenvalue weighted by atomic mass is 19.1. The normalized spacial score (nSPS) is 41.6. The van der Waals surface area contributed by atoms with Gasteiger partial charge in [0.05, 0.1) is 7.11 Å². The quantitative estimate of drug-likeness (QED) is 0.490. The Bertz CT molecular complexity index is 455. The monoisotopic (exact) mass is 357 g/mol. The topological polar surface area (TPSA) is 86.5 Å². The molecule has 0 spiro atoms. The first-order valence-electron chi connectivity index (χ1n) is 9.58. The number of fused-ring (bicyclic) bond motifs is 1. The average molecular weight is 357 g/mol. The van der Waals surface area contributed by atoms with Gasteiger partial charge in [-0.15, -0.1) is 0 Å². The van der Waals surface area contributed by atoms with Gasteiger partial charge in [0, 0.05) is 12.1 Å². The summed E-state index contributed by atoms with van der Waals surface area (Å²) in [6.45, 7) is 1.74. The summed E-state index contributed by atoms with van der Waals surface area (Å²) in [6.07, 6.45) is 6.35. The molecule has 25 heavy (non-hydrogen) atoms. The van der Waals surface area contributed by atoms with Gasteiger partial charge in [0.25, 0.3) is 0 Å². The maximum atomic E-state index is 14.1. The average Bonchev–Trinajstić information content (AvgIpc) is 2.59. The zero-order valence-electron chi connectivity index (χ0n) is 15.2. The number of nitrogens with one attached hydrogen (secondary N) is 5. The third kappa shape index (κ3) is 4.81.